The number of hydrogen-bond acceptors (Lipinski definition) is 4. The molecule has 1 amide bonds. The standard InChI is InChI=1S/C20H32N4O2/c1-22-16-21-13-18(22)15-23-8-2-5-20(6-9-23)7-10-24(19(20)25)14-17-3-11-26-12-4-17/h13,16-17H,2-12,14-15H2,1H3/t20-/m1/s1. The SMILES string of the molecule is Cn1cncc1CN1CCC[C@@]2(CC1)CCN(CC1CCOCC1)C2=O. The normalized spacial score (nSPS) is 28.8. The van der Waals surface area contributed by atoms with E-state index in [9.17, 15) is 4.79 Å². The van der Waals surface area contributed by atoms with Gasteiger partial charge in [-0.3, -0.25) is 9.69 Å². The van der Waals surface area contributed by atoms with Crippen LogP contribution in [0, 0.1) is 11.3 Å². The van der Waals surface area contributed by atoms with Crippen LogP contribution in [0.4, 0.5) is 0 Å². The maximum Gasteiger partial charge on any atom is 0.228 e. The molecule has 1 aromatic rings. The van der Waals surface area contributed by atoms with Crippen molar-refractivity contribution in [3.63, 3.8) is 0 Å². The Balaban J connectivity index is 1.35. The first-order valence-electron chi connectivity index (χ1n) is 10.2. The molecule has 1 atom stereocenters. The zero-order valence-electron chi connectivity index (χ0n) is 16.0. The lowest BCUT2D eigenvalue weighted by atomic mass is 9.79. The maximum atomic E-state index is 13.2. The van der Waals surface area contributed by atoms with Crippen molar-refractivity contribution in [3.05, 3.63) is 18.2 Å². The van der Waals surface area contributed by atoms with E-state index in [-0.39, 0.29) is 5.41 Å². The van der Waals surface area contributed by atoms with Gasteiger partial charge in [0.1, 0.15) is 0 Å². The summed E-state index contributed by atoms with van der Waals surface area (Å²) in [5.41, 5.74) is 1.16. The number of hydrogen-bond donors (Lipinski definition) is 0. The van der Waals surface area contributed by atoms with Crippen LogP contribution in [0.2, 0.25) is 0 Å². The van der Waals surface area contributed by atoms with Crippen molar-refractivity contribution in [1.82, 2.24) is 19.4 Å². The fourth-order valence-corrected chi connectivity index (χ4v) is 4.95. The third-order valence-electron chi connectivity index (χ3n) is 6.76. The van der Waals surface area contributed by atoms with Gasteiger partial charge in [-0.2, -0.15) is 0 Å². The molecule has 1 aromatic heterocycles. The Bertz CT molecular complexity index is 625. The number of likely N-dealkylation sites (tertiary alicyclic amines) is 2. The zero-order valence-corrected chi connectivity index (χ0v) is 16.0. The molecule has 3 aliphatic heterocycles. The van der Waals surface area contributed by atoms with Gasteiger partial charge in [-0.15, -0.1) is 0 Å². The van der Waals surface area contributed by atoms with Crippen LogP contribution in [-0.2, 0) is 23.1 Å². The summed E-state index contributed by atoms with van der Waals surface area (Å²) >= 11 is 0. The average molecular weight is 361 g/mol. The number of nitrogens with zero attached hydrogens (tertiary/aromatic N) is 4. The quantitative estimate of drug-likeness (QED) is 0.825. The molecule has 3 aliphatic rings. The Hall–Kier alpha value is -1.40. The Labute approximate surface area is 156 Å². The van der Waals surface area contributed by atoms with Crippen molar-refractivity contribution in [2.24, 2.45) is 18.4 Å². The van der Waals surface area contributed by atoms with Gasteiger partial charge >= 0.3 is 0 Å². The predicted molar refractivity (Wildman–Crippen MR) is 99.5 cm³/mol. The number of rotatable bonds is 4. The first-order chi connectivity index (χ1) is 12.7. The van der Waals surface area contributed by atoms with E-state index in [1.165, 1.54) is 5.69 Å². The Kier molecular flexibility index (Phi) is 5.32. The van der Waals surface area contributed by atoms with Crippen LogP contribution < -0.4 is 0 Å². The lowest BCUT2D eigenvalue weighted by Crippen LogP contribution is -2.39. The highest BCUT2D eigenvalue weighted by atomic mass is 16.5. The molecule has 0 aliphatic carbocycles. The second-order valence-corrected chi connectivity index (χ2v) is 8.46. The fourth-order valence-electron chi connectivity index (χ4n) is 4.95. The summed E-state index contributed by atoms with van der Waals surface area (Å²) in [4.78, 5) is 22.1. The van der Waals surface area contributed by atoms with E-state index in [0.29, 0.717) is 11.8 Å². The van der Waals surface area contributed by atoms with E-state index in [1.54, 1.807) is 0 Å². The van der Waals surface area contributed by atoms with Crippen molar-refractivity contribution < 1.29 is 9.53 Å². The number of amides is 1. The zero-order chi connectivity index (χ0) is 18.0. The Morgan fingerprint density at radius 2 is 2.00 bits per heavy atom. The minimum Gasteiger partial charge on any atom is -0.381 e. The molecule has 4 heterocycles. The molecule has 0 radical (unpaired) electrons. The minimum atomic E-state index is -0.0909. The van der Waals surface area contributed by atoms with Crippen molar-refractivity contribution in [2.75, 3.05) is 39.4 Å². The van der Waals surface area contributed by atoms with Gasteiger partial charge < -0.3 is 14.2 Å². The summed E-state index contributed by atoms with van der Waals surface area (Å²) < 4.78 is 7.56. The van der Waals surface area contributed by atoms with E-state index < -0.39 is 0 Å². The summed E-state index contributed by atoms with van der Waals surface area (Å²) in [5, 5.41) is 0. The van der Waals surface area contributed by atoms with Gasteiger partial charge in [0.25, 0.3) is 0 Å². The number of ether oxygens (including phenoxy) is 1. The average Bonchev–Trinajstić information content (AvgIpc) is 3.10. The van der Waals surface area contributed by atoms with Crippen LogP contribution in [0.3, 0.4) is 0 Å². The number of aromatic nitrogens is 2. The summed E-state index contributed by atoms with van der Waals surface area (Å²) in [6.07, 6.45) is 10.3. The molecule has 144 valence electrons. The van der Waals surface area contributed by atoms with E-state index in [1.807, 2.05) is 12.5 Å². The summed E-state index contributed by atoms with van der Waals surface area (Å²) in [6.45, 7) is 6.66. The highest BCUT2D eigenvalue weighted by Gasteiger charge is 2.47. The van der Waals surface area contributed by atoms with Gasteiger partial charge in [0, 0.05) is 46.1 Å². The second kappa shape index (κ2) is 7.69. The van der Waals surface area contributed by atoms with Crippen LogP contribution in [0.1, 0.15) is 44.2 Å². The fraction of sp³-hybridized carbons (Fsp3) is 0.800. The van der Waals surface area contributed by atoms with E-state index in [2.05, 4.69) is 26.4 Å². The molecule has 0 bridgehead atoms. The minimum absolute atomic E-state index is 0.0909. The lowest BCUT2D eigenvalue weighted by molar-refractivity contribution is -0.137. The van der Waals surface area contributed by atoms with Crippen LogP contribution in [0.25, 0.3) is 0 Å². The Morgan fingerprint density at radius 1 is 1.19 bits per heavy atom. The van der Waals surface area contributed by atoms with Gasteiger partial charge in [0.15, 0.2) is 0 Å². The second-order valence-electron chi connectivity index (χ2n) is 8.46. The van der Waals surface area contributed by atoms with Gasteiger partial charge in [0.2, 0.25) is 5.91 Å². The first-order valence-corrected chi connectivity index (χ1v) is 10.2. The molecule has 1 spiro atoms. The molecule has 4 rings (SSSR count). The molecule has 0 aromatic carbocycles. The summed E-state index contributed by atoms with van der Waals surface area (Å²) in [7, 11) is 2.05. The molecule has 0 N–H and O–H groups in total. The van der Waals surface area contributed by atoms with Crippen molar-refractivity contribution in [1.29, 1.82) is 0 Å². The largest absolute Gasteiger partial charge is 0.381 e. The molecule has 26 heavy (non-hydrogen) atoms. The molecule has 3 fully saturated rings. The highest BCUT2D eigenvalue weighted by Crippen LogP contribution is 2.42. The molecule has 6 nitrogen and oxygen atoms in total. The third kappa shape index (κ3) is 3.67. The van der Waals surface area contributed by atoms with Crippen LogP contribution in [0.5, 0.6) is 0 Å². The third-order valence-corrected chi connectivity index (χ3v) is 6.76. The van der Waals surface area contributed by atoms with Crippen LogP contribution in [-0.4, -0.2) is 64.7 Å². The topological polar surface area (TPSA) is 50.6 Å². The van der Waals surface area contributed by atoms with Gasteiger partial charge in [0.05, 0.1) is 17.4 Å². The molecule has 0 saturated carbocycles. The molecule has 3 saturated heterocycles. The maximum absolute atomic E-state index is 13.2. The van der Waals surface area contributed by atoms with Crippen LogP contribution >= 0.6 is 0 Å². The molecule has 6 heteroatoms. The van der Waals surface area contributed by atoms with Crippen molar-refractivity contribution in [3.8, 4) is 0 Å². The first kappa shape index (κ1) is 18.0. The van der Waals surface area contributed by atoms with E-state index >= 15 is 0 Å². The smallest absolute Gasteiger partial charge is 0.228 e. The van der Waals surface area contributed by atoms with Crippen molar-refractivity contribution >= 4 is 5.91 Å². The van der Waals surface area contributed by atoms with E-state index in [4.69, 9.17) is 4.74 Å². The van der Waals surface area contributed by atoms with Gasteiger partial charge in [-0.1, -0.05) is 0 Å². The summed E-state index contributed by atoms with van der Waals surface area (Å²) in [6, 6.07) is 0. The Morgan fingerprint density at radius 3 is 2.77 bits per heavy atom. The van der Waals surface area contributed by atoms with Crippen molar-refractivity contribution in [2.45, 2.75) is 45.1 Å². The number of imidazole rings is 1. The summed E-state index contributed by atoms with van der Waals surface area (Å²) in [5.74, 6) is 1.07. The monoisotopic (exact) mass is 360 g/mol. The molecular formula is C20H32N4O2. The lowest BCUT2D eigenvalue weighted by Gasteiger charge is -2.30. The molecule has 0 unspecified atom stereocenters. The van der Waals surface area contributed by atoms with E-state index in [0.717, 1.165) is 84.5 Å². The van der Waals surface area contributed by atoms with Gasteiger partial charge in [-0.05, 0) is 57.5 Å². The number of aryl methyl sites for hydroxylation is 1. The number of carbonyl (C=O) groups excluding carboxylic acids is 1. The van der Waals surface area contributed by atoms with Gasteiger partial charge in [-0.25, -0.2) is 4.98 Å². The predicted octanol–water partition coefficient (Wildman–Crippen LogP) is 2.05. The van der Waals surface area contributed by atoms with Crippen LogP contribution in [0.15, 0.2) is 12.5 Å². The number of carbonyl (C=O) groups is 1. The molecular weight excluding hydrogens is 328 g/mol. The highest BCUT2D eigenvalue weighted by molar-refractivity contribution is 5.84.